The van der Waals surface area contributed by atoms with Crippen LogP contribution in [0.4, 0.5) is 5.69 Å². The van der Waals surface area contributed by atoms with Crippen LogP contribution < -0.4 is 0 Å². The largest absolute Gasteiger partial charge is 4.00 e. The number of rotatable bonds is 7. The molecule has 0 spiro atoms. The van der Waals surface area contributed by atoms with Gasteiger partial charge >= 0.3 is 26.2 Å². The average molecular weight is 482 g/mol. The molecule has 1 saturated carbocycles. The molecule has 160 valence electrons. The van der Waals surface area contributed by atoms with Crippen molar-refractivity contribution in [2.75, 3.05) is 13.1 Å². The van der Waals surface area contributed by atoms with Gasteiger partial charge in [-0.05, 0) is 0 Å². The Hall–Kier alpha value is -1.05. The number of benzene rings is 2. The zero-order valence-electron chi connectivity index (χ0n) is 19.3. The van der Waals surface area contributed by atoms with Gasteiger partial charge in [0.05, 0.1) is 0 Å². The van der Waals surface area contributed by atoms with Crippen LogP contribution in [0.1, 0.15) is 58.9 Å². The summed E-state index contributed by atoms with van der Waals surface area (Å²) in [6, 6.07) is 20.2. The first kappa shape index (κ1) is 27.0. The molecule has 2 unspecified atom stereocenters. The van der Waals surface area contributed by atoms with Gasteiger partial charge in [-0.15, -0.1) is 29.9 Å². The average Bonchev–Trinajstić information content (AvgIpc) is 3.03. The molecule has 2 nitrogen and oxygen atoms in total. The van der Waals surface area contributed by atoms with Crippen LogP contribution in [0.3, 0.4) is 0 Å². The Kier molecular flexibility index (Phi) is 12.7. The van der Waals surface area contributed by atoms with Crippen molar-refractivity contribution in [3.63, 3.8) is 0 Å². The summed E-state index contributed by atoms with van der Waals surface area (Å²) in [7, 11) is 0. The van der Waals surface area contributed by atoms with Gasteiger partial charge in [-0.1, -0.05) is 82.9 Å². The molecule has 0 bridgehead atoms. The Bertz CT molecular complexity index is 666. The molecule has 0 heterocycles. The molecule has 0 N–H and O–H groups in total. The Morgan fingerprint density at radius 1 is 0.867 bits per heavy atom. The monoisotopic (exact) mass is 480 g/mol. The molecule has 1 fully saturated rings. The van der Waals surface area contributed by atoms with E-state index in [1.54, 1.807) is 5.92 Å². The first-order chi connectivity index (χ1) is 13.8. The summed E-state index contributed by atoms with van der Waals surface area (Å²) in [5, 5.41) is 9.44. The standard InChI is InChI=1S/C20H31N2.C7H7.Zr/c1-16-17(12-14-21-19-8-6-5-7-9-19)10-11-18(16)13-15-22-20(2,3)4;1-7-5-3-2-4-6-7;/h5-9,17-18H,10-15H2,1-4H3;2-6H,1H2;/q-3;-1;+4. The molecule has 0 aliphatic heterocycles. The smallest absolute Gasteiger partial charge is 0.684 e. The van der Waals surface area contributed by atoms with Crippen LogP contribution in [0.5, 0.6) is 0 Å². The predicted octanol–water partition coefficient (Wildman–Crippen LogP) is 8.13. The van der Waals surface area contributed by atoms with Gasteiger partial charge in [-0.2, -0.15) is 49.9 Å². The maximum absolute atomic E-state index is 4.75. The maximum atomic E-state index is 4.75. The van der Waals surface area contributed by atoms with Crippen molar-refractivity contribution in [2.24, 2.45) is 11.8 Å². The van der Waals surface area contributed by atoms with E-state index in [0.717, 1.165) is 36.2 Å². The van der Waals surface area contributed by atoms with Crippen molar-refractivity contribution in [1.29, 1.82) is 0 Å². The summed E-state index contributed by atoms with van der Waals surface area (Å²) in [6.45, 7) is 14.6. The third kappa shape index (κ3) is 10.8. The molecule has 0 amide bonds. The Morgan fingerprint density at radius 3 is 1.83 bits per heavy atom. The van der Waals surface area contributed by atoms with Gasteiger partial charge in [0, 0.05) is 0 Å². The second-order valence-corrected chi connectivity index (χ2v) is 9.05. The van der Waals surface area contributed by atoms with Crippen molar-refractivity contribution in [3.05, 3.63) is 89.7 Å². The van der Waals surface area contributed by atoms with Crippen LogP contribution >= 0.6 is 0 Å². The minimum atomic E-state index is 0. The second kappa shape index (κ2) is 14.1. The summed E-state index contributed by atoms with van der Waals surface area (Å²) in [5.41, 5.74) is 2.29. The van der Waals surface area contributed by atoms with Crippen LogP contribution in [-0.4, -0.2) is 18.6 Å². The second-order valence-electron chi connectivity index (χ2n) is 9.05. The van der Waals surface area contributed by atoms with Gasteiger partial charge in [0.15, 0.2) is 0 Å². The fraction of sp³-hybridized carbons (Fsp3) is 0.481. The predicted molar refractivity (Wildman–Crippen MR) is 128 cm³/mol. The van der Waals surface area contributed by atoms with Gasteiger partial charge in [-0.3, -0.25) is 0 Å². The molecule has 2 aromatic rings. The van der Waals surface area contributed by atoms with E-state index in [1.807, 2.05) is 36.4 Å². The fourth-order valence-electron chi connectivity index (χ4n) is 3.85. The molecule has 0 aromatic heterocycles. The minimum Gasteiger partial charge on any atom is -0.684 e. The van der Waals surface area contributed by atoms with E-state index in [0.29, 0.717) is 0 Å². The molecule has 1 aliphatic rings. The topological polar surface area (TPSA) is 28.2 Å². The summed E-state index contributed by atoms with van der Waals surface area (Å²) >= 11 is 0. The fourth-order valence-corrected chi connectivity index (χ4v) is 3.85. The van der Waals surface area contributed by atoms with Gasteiger partial charge in [-0.25, -0.2) is 0 Å². The summed E-state index contributed by atoms with van der Waals surface area (Å²) in [4.78, 5) is 0. The van der Waals surface area contributed by atoms with Gasteiger partial charge in [0.25, 0.3) is 0 Å². The third-order valence-corrected chi connectivity index (χ3v) is 5.59. The number of nitrogens with zero attached hydrogens (tertiary/aromatic N) is 2. The third-order valence-electron chi connectivity index (χ3n) is 5.59. The molecule has 2 atom stereocenters. The molecule has 1 aliphatic carbocycles. The Morgan fingerprint density at radius 2 is 1.37 bits per heavy atom. The molecule has 3 heteroatoms. The van der Waals surface area contributed by atoms with Gasteiger partial charge in [0.1, 0.15) is 0 Å². The van der Waals surface area contributed by atoms with Crippen molar-refractivity contribution in [1.82, 2.24) is 0 Å². The van der Waals surface area contributed by atoms with E-state index in [-0.39, 0.29) is 31.7 Å². The number of hydrogen-bond donors (Lipinski definition) is 0. The van der Waals surface area contributed by atoms with Crippen molar-refractivity contribution in [2.45, 2.75) is 58.9 Å². The summed E-state index contributed by atoms with van der Waals surface area (Å²) in [5.74, 6) is 3.26. The first-order valence-corrected chi connectivity index (χ1v) is 11.0. The Balaban J connectivity index is 0.000000477. The summed E-state index contributed by atoms with van der Waals surface area (Å²) in [6.07, 6.45) is 5.13. The van der Waals surface area contributed by atoms with Crippen LogP contribution in [-0.2, 0) is 26.2 Å². The van der Waals surface area contributed by atoms with Crippen LogP contribution in [0.15, 0.2) is 60.7 Å². The van der Waals surface area contributed by atoms with Crippen molar-refractivity contribution in [3.8, 4) is 0 Å². The van der Waals surface area contributed by atoms with E-state index in [2.05, 4.69) is 58.9 Å². The minimum absolute atomic E-state index is 0. The normalized spacial score (nSPS) is 18.8. The van der Waals surface area contributed by atoms with E-state index in [4.69, 9.17) is 10.6 Å². The molecule has 3 rings (SSSR count). The molecule has 0 saturated heterocycles. The van der Waals surface area contributed by atoms with E-state index in [1.165, 1.54) is 25.7 Å². The molecular weight excluding hydrogens is 444 g/mol. The Labute approximate surface area is 204 Å². The van der Waals surface area contributed by atoms with E-state index in [9.17, 15) is 0 Å². The first-order valence-electron chi connectivity index (χ1n) is 11.0. The van der Waals surface area contributed by atoms with E-state index < -0.39 is 0 Å². The van der Waals surface area contributed by atoms with Gasteiger partial charge < -0.3 is 16.6 Å². The van der Waals surface area contributed by atoms with Crippen LogP contribution in [0, 0.1) is 24.7 Å². The van der Waals surface area contributed by atoms with Crippen molar-refractivity contribution < 1.29 is 26.2 Å². The zero-order valence-corrected chi connectivity index (χ0v) is 21.7. The molecule has 0 radical (unpaired) electrons. The van der Waals surface area contributed by atoms with Crippen molar-refractivity contribution >= 4 is 5.69 Å². The molecule has 2 aromatic carbocycles. The summed E-state index contributed by atoms with van der Waals surface area (Å²) < 4.78 is 0. The van der Waals surface area contributed by atoms with Crippen LogP contribution in [0.2, 0.25) is 0 Å². The van der Waals surface area contributed by atoms with E-state index >= 15 is 0 Å². The SMILES string of the molecule is C[C-]1C(CC[N-]c2ccccc2)CCC1CC[N-]C(C)(C)C.[CH2-]c1ccccc1.[Zr+4]. The van der Waals surface area contributed by atoms with Crippen LogP contribution in [0.25, 0.3) is 10.6 Å². The molecule has 30 heavy (non-hydrogen) atoms. The number of hydrogen-bond acceptors (Lipinski definition) is 0. The quantitative estimate of drug-likeness (QED) is 0.357. The molecular formula is C27H38N2Zr. The zero-order chi connectivity index (χ0) is 21.1. The maximum Gasteiger partial charge on any atom is 4.00 e. The van der Waals surface area contributed by atoms with Gasteiger partial charge in [0.2, 0.25) is 0 Å². The number of para-hydroxylation sites is 1.